The summed E-state index contributed by atoms with van der Waals surface area (Å²) < 4.78 is 44.0. The van der Waals surface area contributed by atoms with Crippen LogP contribution in [0.4, 0.5) is 13.2 Å². The summed E-state index contributed by atoms with van der Waals surface area (Å²) in [6.45, 7) is 4.56. The Morgan fingerprint density at radius 3 is 2.48 bits per heavy atom. The lowest BCUT2D eigenvalue weighted by atomic mass is 9.98. The molecule has 1 N–H and O–H groups in total. The van der Waals surface area contributed by atoms with Crippen LogP contribution in [0.2, 0.25) is 0 Å². The monoisotopic (exact) mass is 302 g/mol. The molecule has 1 fully saturated rings. The summed E-state index contributed by atoms with van der Waals surface area (Å²) >= 11 is 0. The second-order valence-corrected chi connectivity index (χ2v) is 5.35. The highest BCUT2D eigenvalue weighted by Crippen LogP contribution is 2.35. The lowest BCUT2D eigenvalue weighted by Crippen LogP contribution is -2.46. The van der Waals surface area contributed by atoms with Gasteiger partial charge < -0.3 is 10.1 Å². The molecule has 1 aliphatic heterocycles. The van der Waals surface area contributed by atoms with Gasteiger partial charge in [0.25, 0.3) is 0 Å². The molecular weight excluding hydrogens is 281 g/mol. The van der Waals surface area contributed by atoms with Crippen molar-refractivity contribution in [3.05, 3.63) is 29.3 Å². The van der Waals surface area contributed by atoms with Gasteiger partial charge >= 0.3 is 6.18 Å². The number of piperazine rings is 1. The number of nitrogens with one attached hydrogen (secondary N) is 1. The van der Waals surface area contributed by atoms with Crippen LogP contribution in [0.15, 0.2) is 18.2 Å². The SMILES string of the molecule is COc1ccc([C@@H](CC(F)(F)F)N2CCNCC2)cc1C. The van der Waals surface area contributed by atoms with Crippen LogP contribution < -0.4 is 10.1 Å². The second-order valence-electron chi connectivity index (χ2n) is 5.35. The van der Waals surface area contributed by atoms with Gasteiger partial charge in [-0.05, 0) is 24.1 Å². The van der Waals surface area contributed by atoms with Crippen molar-refractivity contribution in [1.82, 2.24) is 10.2 Å². The van der Waals surface area contributed by atoms with Crippen molar-refractivity contribution in [2.24, 2.45) is 0 Å². The van der Waals surface area contributed by atoms with Crippen LogP contribution in [0, 0.1) is 6.92 Å². The molecule has 1 aromatic carbocycles. The van der Waals surface area contributed by atoms with Crippen molar-refractivity contribution >= 4 is 0 Å². The molecule has 21 heavy (non-hydrogen) atoms. The third kappa shape index (κ3) is 4.35. The summed E-state index contributed by atoms with van der Waals surface area (Å²) in [5, 5.41) is 3.17. The summed E-state index contributed by atoms with van der Waals surface area (Å²) in [5.74, 6) is 0.699. The molecule has 0 amide bonds. The average Bonchev–Trinajstić information content (AvgIpc) is 2.45. The third-order valence-electron chi connectivity index (χ3n) is 3.82. The van der Waals surface area contributed by atoms with Gasteiger partial charge in [0.2, 0.25) is 0 Å². The normalized spacial score (nSPS) is 18.5. The van der Waals surface area contributed by atoms with Crippen molar-refractivity contribution < 1.29 is 17.9 Å². The molecule has 3 nitrogen and oxygen atoms in total. The van der Waals surface area contributed by atoms with Crippen molar-refractivity contribution in [2.75, 3.05) is 33.3 Å². The lowest BCUT2D eigenvalue weighted by molar-refractivity contribution is -0.148. The molecule has 0 aromatic heterocycles. The van der Waals surface area contributed by atoms with E-state index in [1.54, 1.807) is 25.3 Å². The van der Waals surface area contributed by atoms with E-state index in [4.69, 9.17) is 4.74 Å². The number of alkyl halides is 3. The zero-order valence-electron chi connectivity index (χ0n) is 12.3. The molecule has 6 heteroatoms. The van der Waals surface area contributed by atoms with E-state index in [9.17, 15) is 13.2 Å². The molecule has 1 aliphatic rings. The predicted molar refractivity (Wildman–Crippen MR) is 75.6 cm³/mol. The van der Waals surface area contributed by atoms with E-state index in [1.165, 1.54) is 0 Å². The number of hydrogen-bond donors (Lipinski definition) is 1. The van der Waals surface area contributed by atoms with Crippen LogP contribution in [0.25, 0.3) is 0 Å². The molecule has 2 rings (SSSR count). The summed E-state index contributed by atoms with van der Waals surface area (Å²) in [4.78, 5) is 1.91. The standard InChI is InChI=1S/C15H21F3N2O/c1-11-9-12(3-4-14(11)21-2)13(10-15(16,17)18)20-7-5-19-6-8-20/h3-4,9,13,19H,5-8,10H2,1-2H3/t13-/m1/s1. The summed E-state index contributed by atoms with van der Waals surface area (Å²) in [6.07, 6.45) is -5.00. The lowest BCUT2D eigenvalue weighted by Gasteiger charge is -2.35. The molecule has 1 atom stereocenters. The van der Waals surface area contributed by atoms with Gasteiger partial charge in [-0.2, -0.15) is 13.2 Å². The average molecular weight is 302 g/mol. The number of methoxy groups -OCH3 is 1. The molecule has 0 radical (unpaired) electrons. The van der Waals surface area contributed by atoms with Crippen molar-refractivity contribution in [1.29, 1.82) is 0 Å². The Bertz CT molecular complexity index is 470. The van der Waals surface area contributed by atoms with Crippen LogP contribution in [0.5, 0.6) is 5.75 Å². The number of halogens is 3. The summed E-state index contributed by atoms with van der Waals surface area (Å²) in [5.41, 5.74) is 1.56. The van der Waals surface area contributed by atoms with E-state index in [2.05, 4.69) is 5.32 Å². The first-order valence-electron chi connectivity index (χ1n) is 7.07. The van der Waals surface area contributed by atoms with Crippen molar-refractivity contribution in [3.8, 4) is 5.75 Å². The summed E-state index contributed by atoms with van der Waals surface area (Å²) in [6, 6.07) is 4.66. The Labute approximate surface area is 123 Å². The maximum absolute atomic E-state index is 12.9. The molecule has 0 aliphatic carbocycles. The minimum Gasteiger partial charge on any atom is -0.496 e. The van der Waals surface area contributed by atoms with E-state index in [0.29, 0.717) is 24.4 Å². The predicted octanol–water partition coefficient (Wildman–Crippen LogP) is 2.90. The molecule has 1 saturated heterocycles. The van der Waals surface area contributed by atoms with Gasteiger partial charge in [0.05, 0.1) is 13.5 Å². The first kappa shape index (κ1) is 16.1. The number of ether oxygens (including phenoxy) is 1. The Balaban J connectivity index is 2.27. The first-order valence-corrected chi connectivity index (χ1v) is 7.07. The van der Waals surface area contributed by atoms with E-state index < -0.39 is 18.6 Å². The highest BCUT2D eigenvalue weighted by atomic mass is 19.4. The maximum atomic E-state index is 12.9. The largest absolute Gasteiger partial charge is 0.496 e. The van der Waals surface area contributed by atoms with Crippen molar-refractivity contribution in [3.63, 3.8) is 0 Å². The van der Waals surface area contributed by atoms with Gasteiger partial charge in [-0.25, -0.2) is 0 Å². The maximum Gasteiger partial charge on any atom is 0.390 e. The fraction of sp³-hybridized carbons (Fsp3) is 0.600. The van der Waals surface area contributed by atoms with Gasteiger partial charge in [0, 0.05) is 32.2 Å². The molecule has 0 unspecified atom stereocenters. The smallest absolute Gasteiger partial charge is 0.390 e. The molecular formula is C15H21F3N2O. The highest BCUT2D eigenvalue weighted by molar-refractivity contribution is 5.37. The van der Waals surface area contributed by atoms with Gasteiger partial charge in [-0.3, -0.25) is 4.90 Å². The molecule has 1 aromatic rings. The zero-order valence-corrected chi connectivity index (χ0v) is 12.3. The van der Waals surface area contributed by atoms with E-state index >= 15 is 0 Å². The number of nitrogens with zero attached hydrogens (tertiary/aromatic N) is 1. The summed E-state index contributed by atoms with van der Waals surface area (Å²) in [7, 11) is 1.56. The Kier molecular flexibility index (Phi) is 5.11. The molecule has 118 valence electrons. The van der Waals surface area contributed by atoms with Crippen LogP contribution in [0.1, 0.15) is 23.6 Å². The van der Waals surface area contributed by atoms with Crippen molar-refractivity contribution in [2.45, 2.75) is 25.6 Å². The van der Waals surface area contributed by atoms with Crippen LogP contribution >= 0.6 is 0 Å². The molecule has 0 spiro atoms. The van der Waals surface area contributed by atoms with Gasteiger partial charge in [-0.1, -0.05) is 12.1 Å². The minimum absolute atomic E-state index is 0.628. The van der Waals surface area contributed by atoms with Crippen LogP contribution in [-0.4, -0.2) is 44.4 Å². The highest BCUT2D eigenvalue weighted by Gasteiger charge is 2.36. The van der Waals surface area contributed by atoms with E-state index in [1.807, 2.05) is 11.8 Å². The van der Waals surface area contributed by atoms with Crippen LogP contribution in [0.3, 0.4) is 0 Å². The second kappa shape index (κ2) is 6.66. The van der Waals surface area contributed by atoms with Gasteiger partial charge in [0.1, 0.15) is 5.75 Å². The topological polar surface area (TPSA) is 24.5 Å². The fourth-order valence-electron chi connectivity index (χ4n) is 2.78. The third-order valence-corrected chi connectivity index (χ3v) is 3.82. The molecule has 0 bridgehead atoms. The zero-order chi connectivity index (χ0) is 15.5. The first-order chi connectivity index (χ1) is 9.90. The van der Waals surface area contributed by atoms with Gasteiger partial charge in [0.15, 0.2) is 0 Å². The molecule has 0 saturated carbocycles. The minimum atomic E-state index is -4.18. The number of rotatable bonds is 4. The Hall–Kier alpha value is -1.27. The number of aryl methyl sites for hydroxylation is 1. The van der Waals surface area contributed by atoms with Crippen LogP contribution in [-0.2, 0) is 0 Å². The van der Waals surface area contributed by atoms with Gasteiger partial charge in [-0.15, -0.1) is 0 Å². The fourth-order valence-corrected chi connectivity index (χ4v) is 2.78. The Morgan fingerprint density at radius 1 is 1.29 bits per heavy atom. The van der Waals surface area contributed by atoms with E-state index in [0.717, 1.165) is 18.7 Å². The molecule has 1 heterocycles. The van der Waals surface area contributed by atoms with E-state index in [-0.39, 0.29) is 0 Å². The quantitative estimate of drug-likeness (QED) is 0.925. The number of hydrogen-bond acceptors (Lipinski definition) is 3. The number of benzene rings is 1. The Morgan fingerprint density at radius 2 is 1.95 bits per heavy atom.